The Morgan fingerprint density at radius 1 is 0.872 bits per heavy atom. The van der Waals surface area contributed by atoms with Crippen LogP contribution in [0.3, 0.4) is 0 Å². The third-order valence-corrected chi connectivity index (χ3v) is 13.5. The highest BCUT2D eigenvalue weighted by atomic mass is 16.7. The Morgan fingerprint density at radius 3 is 2.17 bits per heavy atom. The number of aliphatic hydroxyl groups excluding tert-OH is 3. The van der Waals surface area contributed by atoms with E-state index in [0.717, 1.165) is 5.57 Å². The Hall–Kier alpha value is -1.03. The highest BCUT2D eigenvalue weighted by molar-refractivity contribution is 5.80. The van der Waals surface area contributed by atoms with Crippen LogP contribution >= 0.6 is 0 Å². The number of methoxy groups -OCH3 is 2. The number of Topliss-reactive ketones (excluding diaryl/α,β-unsaturated/α-hetero) is 1. The molecule has 5 fully saturated rings. The summed E-state index contributed by atoms with van der Waals surface area (Å²) >= 11 is 0. The van der Waals surface area contributed by atoms with Gasteiger partial charge in [-0.15, -0.1) is 0 Å². The van der Waals surface area contributed by atoms with E-state index in [9.17, 15) is 30.3 Å². The molecule has 0 aromatic heterocycles. The summed E-state index contributed by atoms with van der Waals surface area (Å²) < 4.78 is 36.3. The molecule has 0 spiro atoms. The summed E-state index contributed by atoms with van der Waals surface area (Å²) in [4.78, 5) is 12.6. The van der Waals surface area contributed by atoms with Gasteiger partial charge in [-0.05, 0) is 64.7 Å². The van der Waals surface area contributed by atoms with E-state index in [-0.39, 0.29) is 36.9 Å². The number of aliphatic hydroxyl groups is 5. The van der Waals surface area contributed by atoms with E-state index in [1.54, 1.807) is 28.1 Å². The van der Waals surface area contributed by atoms with Gasteiger partial charge in [0.2, 0.25) is 0 Å². The lowest BCUT2D eigenvalue weighted by Gasteiger charge is -2.68. The van der Waals surface area contributed by atoms with E-state index in [0.29, 0.717) is 38.5 Å². The van der Waals surface area contributed by atoms with Crippen LogP contribution in [0.15, 0.2) is 11.6 Å². The van der Waals surface area contributed by atoms with Crippen molar-refractivity contribution < 1.29 is 58.7 Å². The van der Waals surface area contributed by atoms with Crippen molar-refractivity contribution in [2.75, 3.05) is 14.2 Å². The molecule has 4 aliphatic carbocycles. The first-order valence-electron chi connectivity index (χ1n) is 17.4. The second kappa shape index (κ2) is 12.6. The van der Waals surface area contributed by atoms with Crippen LogP contribution in [-0.4, -0.2) is 124 Å². The summed E-state index contributed by atoms with van der Waals surface area (Å²) in [6.07, 6.45) is -1.58. The van der Waals surface area contributed by atoms with Gasteiger partial charge >= 0.3 is 0 Å². The normalized spacial score (nSPS) is 54.6. The lowest BCUT2D eigenvalue weighted by Crippen LogP contribution is -2.79. The van der Waals surface area contributed by atoms with Crippen LogP contribution in [0.2, 0.25) is 0 Å². The lowest BCUT2D eigenvalue weighted by atomic mass is 9.41. The zero-order valence-electron chi connectivity index (χ0n) is 28.8. The van der Waals surface area contributed by atoms with Crippen molar-refractivity contribution in [3.05, 3.63) is 11.6 Å². The first-order valence-corrected chi connectivity index (χ1v) is 17.4. The number of rotatable bonds is 7. The molecule has 3 saturated carbocycles. The molecule has 2 saturated heterocycles. The molecule has 12 heteroatoms. The van der Waals surface area contributed by atoms with Gasteiger partial charge in [0.05, 0.1) is 42.7 Å². The van der Waals surface area contributed by atoms with Gasteiger partial charge in [0.25, 0.3) is 0 Å². The van der Waals surface area contributed by atoms with Crippen molar-refractivity contribution in [1.29, 1.82) is 0 Å². The number of ether oxygens (including phenoxy) is 6. The van der Waals surface area contributed by atoms with Crippen LogP contribution in [0.4, 0.5) is 0 Å². The zero-order chi connectivity index (χ0) is 34.3. The fourth-order valence-electron chi connectivity index (χ4n) is 10.8. The first kappa shape index (κ1) is 35.8. The van der Waals surface area contributed by atoms with Crippen LogP contribution in [0.1, 0.15) is 86.0 Å². The molecular weight excluding hydrogens is 612 g/mol. The van der Waals surface area contributed by atoms with E-state index in [2.05, 4.69) is 6.08 Å². The number of carbonyl (C=O) groups excluding carboxylic acids is 1. The topological polar surface area (TPSA) is 174 Å². The highest BCUT2D eigenvalue weighted by Gasteiger charge is 2.79. The lowest BCUT2D eigenvalue weighted by molar-refractivity contribution is -0.333. The SMILES string of the molecule is CO[C@H]1C[C@@H](O[C@H]2[C@@H](C)O[C@@H](O[C@@H]3C=C4CC[C@]5(O)[C@@H]([C@H](O)[C@@H](O)[C@]6(C)[C@@H](C(C)=O)CC[C@@]65O)[C@@]4(C)CC3)C[C@H]2OC)O[C@H](C)[C@H]1O. The molecule has 6 rings (SSSR count). The van der Waals surface area contributed by atoms with E-state index < -0.39 is 83.1 Å². The fourth-order valence-corrected chi connectivity index (χ4v) is 10.8. The molecule has 0 unspecified atom stereocenters. The summed E-state index contributed by atoms with van der Waals surface area (Å²) in [7, 11) is 3.19. The van der Waals surface area contributed by atoms with E-state index in [1.807, 2.05) is 13.8 Å². The minimum absolute atomic E-state index is 0.152. The molecule has 0 aromatic carbocycles. The minimum Gasteiger partial charge on any atom is -0.390 e. The van der Waals surface area contributed by atoms with Crippen LogP contribution in [0.5, 0.6) is 0 Å². The highest BCUT2D eigenvalue weighted by Crippen LogP contribution is 2.70. The van der Waals surface area contributed by atoms with E-state index >= 15 is 0 Å². The standard InChI is InChI=1S/C35H56O12/c1-17(36)22-10-13-35(41)33(22,5)31(39)28(38)30-32(4)11-9-21(14-20(32)8-12-34(30,35)40)46-25-16-24(43-7)29(19(3)45-25)47-26-15-23(42-6)27(37)18(2)44-26/h14,18-19,21-31,37-41H,8-13,15-16H2,1-7H3/t18-,19-,21+,22-,23+,24-,25+,26-,27-,28+,29+,30+,31-,32+,33+,34+,35-/m1/s1. The van der Waals surface area contributed by atoms with Gasteiger partial charge in [-0.1, -0.05) is 25.5 Å². The average molecular weight is 669 g/mol. The maximum absolute atomic E-state index is 12.6. The summed E-state index contributed by atoms with van der Waals surface area (Å²) in [6, 6.07) is 0. The molecule has 17 atom stereocenters. The van der Waals surface area contributed by atoms with Crippen LogP contribution < -0.4 is 0 Å². The van der Waals surface area contributed by atoms with Crippen LogP contribution in [-0.2, 0) is 33.2 Å². The van der Waals surface area contributed by atoms with Gasteiger partial charge in [0.15, 0.2) is 12.6 Å². The summed E-state index contributed by atoms with van der Waals surface area (Å²) in [6.45, 7) is 8.81. The fraction of sp³-hybridized carbons (Fsp3) is 0.914. The Labute approximate surface area is 277 Å². The number of hydrogen-bond acceptors (Lipinski definition) is 12. The summed E-state index contributed by atoms with van der Waals surface area (Å²) in [5, 5.41) is 58.3. The molecule has 0 amide bonds. The first-order chi connectivity index (χ1) is 22.0. The third-order valence-electron chi connectivity index (χ3n) is 13.5. The number of carbonyl (C=O) groups is 1. The predicted octanol–water partition coefficient (Wildman–Crippen LogP) is 1.76. The maximum Gasteiger partial charge on any atom is 0.161 e. The number of hydrogen-bond donors (Lipinski definition) is 5. The molecule has 268 valence electrons. The van der Waals surface area contributed by atoms with Crippen molar-refractivity contribution in [3.8, 4) is 0 Å². The molecular formula is C35H56O12. The smallest absolute Gasteiger partial charge is 0.161 e. The Morgan fingerprint density at radius 2 is 1.51 bits per heavy atom. The largest absolute Gasteiger partial charge is 0.390 e. The zero-order valence-corrected chi connectivity index (χ0v) is 28.8. The van der Waals surface area contributed by atoms with Crippen molar-refractivity contribution >= 4 is 5.78 Å². The molecule has 6 aliphatic rings. The number of ketones is 1. The molecule has 0 radical (unpaired) electrons. The van der Waals surface area contributed by atoms with Gasteiger partial charge < -0.3 is 54.0 Å². The monoisotopic (exact) mass is 668 g/mol. The van der Waals surface area contributed by atoms with Crippen LogP contribution in [0, 0.1) is 22.7 Å². The van der Waals surface area contributed by atoms with Gasteiger partial charge in [-0.2, -0.15) is 0 Å². The van der Waals surface area contributed by atoms with E-state index in [1.165, 1.54) is 6.92 Å². The van der Waals surface area contributed by atoms with Crippen LogP contribution in [0.25, 0.3) is 0 Å². The predicted molar refractivity (Wildman–Crippen MR) is 167 cm³/mol. The van der Waals surface area contributed by atoms with Crippen molar-refractivity contribution in [2.45, 2.75) is 165 Å². The quantitative estimate of drug-likeness (QED) is 0.249. The van der Waals surface area contributed by atoms with E-state index in [4.69, 9.17) is 28.4 Å². The third kappa shape index (κ3) is 5.32. The number of allylic oxidation sites excluding steroid dienone is 1. The van der Waals surface area contributed by atoms with Gasteiger partial charge in [-0.3, -0.25) is 4.79 Å². The van der Waals surface area contributed by atoms with Gasteiger partial charge in [0.1, 0.15) is 29.2 Å². The molecule has 2 heterocycles. The molecule has 47 heavy (non-hydrogen) atoms. The molecule has 2 aliphatic heterocycles. The Balaban J connectivity index is 1.16. The molecule has 5 N–H and O–H groups in total. The minimum atomic E-state index is -1.72. The molecule has 0 aromatic rings. The molecule has 0 bridgehead atoms. The van der Waals surface area contributed by atoms with Crippen molar-refractivity contribution in [1.82, 2.24) is 0 Å². The summed E-state index contributed by atoms with van der Waals surface area (Å²) in [5.41, 5.74) is -4.42. The second-order valence-electron chi connectivity index (χ2n) is 15.7. The summed E-state index contributed by atoms with van der Waals surface area (Å²) in [5.74, 6) is -1.62. The Kier molecular flexibility index (Phi) is 9.62. The van der Waals surface area contributed by atoms with Gasteiger partial charge in [-0.25, -0.2) is 0 Å². The van der Waals surface area contributed by atoms with Crippen molar-refractivity contribution in [2.24, 2.45) is 22.7 Å². The maximum atomic E-state index is 12.6. The van der Waals surface area contributed by atoms with Gasteiger partial charge in [0, 0.05) is 44.3 Å². The number of fused-ring (bicyclic) bond motifs is 5. The second-order valence-corrected chi connectivity index (χ2v) is 15.7. The molecule has 12 nitrogen and oxygen atoms in total. The van der Waals surface area contributed by atoms with Crippen molar-refractivity contribution in [3.63, 3.8) is 0 Å². The average Bonchev–Trinajstić information content (AvgIpc) is 3.32. The Bertz CT molecular complexity index is 1210.